The number of aromatic nitrogens is 2. The second-order valence-electron chi connectivity index (χ2n) is 3.99. The SMILES string of the molecule is Clc1nc(Oc2ccc(Cl)c(Cl)c2)c2ccccc2n1. The largest absolute Gasteiger partial charge is 0.438 e. The average Bonchev–Trinajstić information content (AvgIpc) is 2.43. The monoisotopic (exact) mass is 324 g/mol. The van der Waals surface area contributed by atoms with Crippen LogP contribution in [0.15, 0.2) is 42.5 Å². The second kappa shape index (κ2) is 5.44. The fourth-order valence-corrected chi connectivity index (χ4v) is 2.21. The van der Waals surface area contributed by atoms with Gasteiger partial charge < -0.3 is 4.74 Å². The summed E-state index contributed by atoms with van der Waals surface area (Å²) in [5, 5.41) is 1.76. The maximum atomic E-state index is 5.96. The van der Waals surface area contributed by atoms with Gasteiger partial charge in [-0.1, -0.05) is 35.3 Å². The highest BCUT2D eigenvalue weighted by Crippen LogP contribution is 2.32. The van der Waals surface area contributed by atoms with E-state index in [0.717, 1.165) is 5.39 Å². The molecule has 1 heterocycles. The molecule has 2 aromatic carbocycles. The standard InChI is InChI=1S/C14H7Cl3N2O/c15-10-6-5-8(7-11(10)16)20-13-9-3-1-2-4-12(9)18-14(17)19-13/h1-7H. The number of halogens is 3. The quantitative estimate of drug-likeness (QED) is 0.593. The van der Waals surface area contributed by atoms with E-state index in [9.17, 15) is 0 Å². The van der Waals surface area contributed by atoms with Crippen LogP contribution in [0.4, 0.5) is 0 Å². The molecule has 0 aliphatic heterocycles. The van der Waals surface area contributed by atoms with Crippen molar-refractivity contribution in [2.24, 2.45) is 0 Å². The van der Waals surface area contributed by atoms with E-state index in [1.807, 2.05) is 24.3 Å². The minimum absolute atomic E-state index is 0.124. The van der Waals surface area contributed by atoms with Gasteiger partial charge >= 0.3 is 0 Å². The van der Waals surface area contributed by atoms with Crippen molar-refractivity contribution in [3.05, 3.63) is 57.8 Å². The van der Waals surface area contributed by atoms with E-state index in [-0.39, 0.29) is 5.28 Å². The number of fused-ring (bicyclic) bond motifs is 1. The van der Waals surface area contributed by atoms with E-state index >= 15 is 0 Å². The van der Waals surface area contributed by atoms with Gasteiger partial charge in [0, 0.05) is 6.07 Å². The normalized spacial score (nSPS) is 10.8. The zero-order valence-corrected chi connectivity index (χ0v) is 12.2. The lowest BCUT2D eigenvalue weighted by Crippen LogP contribution is -1.93. The molecule has 3 aromatic rings. The predicted molar refractivity (Wildman–Crippen MR) is 81.1 cm³/mol. The van der Waals surface area contributed by atoms with Crippen LogP contribution in [0.2, 0.25) is 15.3 Å². The van der Waals surface area contributed by atoms with E-state index in [0.29, 0.717) is 27.2 Å². The zero-order valence-electron chi connectivity index (χ0n) is 9.98. The average molecular weight is 326 g/mol. The van der Waals surface area contributed by atoms with E-state index in [1.165, 1.54) is 0 Å². The van der Waals surface area contributed by atoms with Crippen molar-refractivity contribution in [2.75, 3.05) is 0 Å². The highest BCUT2D eigenvalue weighted by atomic mass is 35.5. The Labute approximate surface area is 130 Å². The number of nitrogens with zero attached hydrogens (tertiary/aromatic N) is 2. The Hall–Kier alpha value is -1.55. The molecule has 0 saturated heterocycles. The van der Waals surface area contributed by atoms with E-state index in [4.69, 9.17) is 39.5 Å². The predicted octanol–water partition coefficient (Wildman–Crippen LogP) is 5.38. The van der Waals surface area contributed by atoms with E-state index in [2.05, 4.69) is 9.97 Å². The number of benzene rings is 2. The summed E-state index contributed by atoms with van der Waals surface area (Å²) in [6.07, 6.45) is 0. The first-order valence-corrected chi connectivity index (χ1v) is 6.82. The highest BCUT2D eigenvalue weighted by Gasteiger charge is 2.09. The molecule has 0 amide bonds. The molecular weight excluding hydrogens is 319 g/mol. The summed E-state index contributed by atoms with van der Waals surface area (Å²) < 4.78 is 5.73. The molecule has 6 heteroatoms. The fraction of sp³-hybridized carbons (Fsp3) is 0. The fourth-order valence-electron chi connectivity index (χ4n) is 1.75. The molecule has 0 saturated carbocycles. The third kappa shape index (κ3) is 2.66. The topological polar surface area (TPSA) is 35.0 Å². The summed E-state index contributed by atoms with van der Waals surface area (Å²) in [5.74, 6) is 0.901. The summed E-state index contributed by atoms with van der Waals surface area (Å²) in [4.78, 5) is 8.24. The highest BCUT2D eigenvalue weighted by molar-refractivity contribution is 6.42. The number of hydrogen-bond acceptors (Lipinski definition) is 3. The lowest BCUT2D eigenvalue weighted by molar-refractivity contribution is 0.468. The molecule has 1 aromatic heterocycles. The number of ether oxygens (including phenoxy) is 1. The van der Waals surface area contributed by atoms with Gasteiger partial charge in [0.25, 0.3) is 0 Å². The summed E-state index contributed by atoms with van der Waals surface area (Å²) in [5.41, 5.74) is 0.711. The van der Waals surface area contributed by atoms with E-state index in [1.54, 1.807) is 18.2 Å². The molecule has 0 unspecified atom stereocenters. The second-order valence-corrected chi connectivity index (χ2v) is 5.15. The van der Waals surface area contributed by atoms with Crippen molar-refractivity contribution in [1.29, 1.82) is 0 Å². The van der Waals surface area contributed by atoms with Crippen LogP contribution in [-0.4, -0.2) is 9.97 Å². The molecule has 0 aliphatic carbocycles. The van der Waals surface area contributed by atoms with Crippen LogP contribution < -0.4 is 4.74 Å². The summed E-state index contributed by atoms with van der Waals surface area (Å²) in [7, 11) is 0. The molecule has 0 bridgehead atoms. The first-order valence-electron chi connectivity index (χ1n) is 5.69. The minimum atomic E-state index is 0.124. The van der Waals surface area contributed by atoms with Crippen molar-refractivity contribution in [3.8, 4) is 11.6 Å². The lowest BCUT2D eigenvalue weighted by Gasteiger charge is -2.08. The summed E-state index contributed by atoms with van der Waals surface area (Å²) in [6, 6.07) is 12.4. The molecule has 0 atom stereocenters. The van der Waals surface area contributed by atoms with Crippen LogP contribution in [0.5, 0.6) is 11.6 Å². The van der Waals surface area contributed by atoms with Gasteiger partial charge in [-0.3, -0.25) is 0 Å². The van der Waals surface area contributed by atoms with Gasteiger partial charge in [0.15, 0.2) is 0 Å². The molecule has 0 aliphatic rings. The van der Waals surface area contributed by atoms with E-state index < -0.39 is 0 Å². The van der Waals surface area contributed by atoms with Gasteiger partial charge in [-0.05, 0) is 35.9 Å². The molecule has 3 nitrogen and oxygen atoms in total. The number of para-hydroxylation sites is 1. The Balaban J connectivity index is 2.07. The number of rotatable bonds is 2. The summed E-state index contributed by atoms with van der Waals surface area (Å²) >= 11 is 17.7. The third-order valence-corrected chi connectivity index (χ3v) is 3.55. The first kappa shape index (κ1) is 13.4. The van der Waals surface area contributed by atoms with Crippen LogP contribution in [0.1, 0.15) is 0 Å². The smallest absolute Gasteiger partial charge is 0.231 e. The van der Waals surface area contributed by atoms with Gasteiger partial charge in [-0.15, -0.1) is 0 Å². The Kier molecular flexibility index (Phi) is 3.66. The van der Waals surface area contributed by atoms with Crippen molar-refractivity contribution in [1.82, 2.24) is 9.97 Å². The van der Waals surface area contributed by atoms with Crippen LogP contribution in [0.3, 0.4) is 0 Å². The third-order valence-electron chi connectivity index (χ3n) is 2.65. The molecule has 0 radical (unpaired) electrons. The Morgan fingerprint density at radius 2 is 1.65 bits per heavy atom. The summed E-state index contributed by atoms with van der Waals surface area (Å²) in [6.45, 7) is 0. The van der Waals surface area contributed by atoms with Crippen LogP contribution in [-0.2, 0) is 0 Å². The molecule has 0 N–H and O–H groups in total. The lowest BCUT2D eigenvalue weighted by atomic mass is 10.2. The Morgan fingerprint density at radius 1 is 0.850 bits per heavy atom. The molecule has 0 fully saturated rings. The number of hydrogen-bond donors (Lipinski definition) is 0. The van der Waals surface area contributed by atoms with Crippen LogP contribution in [0.25, 0.3) is 10.9 Å². The van der Waals surface area contributed by atoms with Gasteiger partial charge in [0.1, 0.15) is 5.75 Å². The zero-order chi connectivity index (χ0) is 14.1. The van der Waals surface area contributed by atoms with Gasteiger partial charge in [-0.25, -0.2) is 4.98 Å². The van der Waals surface area contributed by atoms with Crippen molar-refractivity contribution in [3.63, 3.8) is 0 Å². The van der Waals surface area contributed by atoms with Crippen molar-refractivity contribution < 1.29 is 4.74 Å². The minimum Gasteiger partial charge on any atom is -0.438 e. The molecule has 3 rings (SSSR count). The molecular formula is C14H7Cl3N2O. The molecule has 20 heavy (non-hydrogen) atoms. The van der Waals surface area contributed by atoms with Crippen LogP contribution >= 0.6 is 34.8 Å². The van der Waals surface area contributed by atoms with Crippen molar-refractivity contribution >= 4 is 45.7 Å². The van der Waals surface area contributed by atoms with Gasteiger partial charge in [0.2, 0.25) is 11.2 Å². The Morgan fingerprint density at radius 3 is 2.45 bits per heavy atom. The first-order chi connectivity index (χ1) is 9.63. The maximum absolute atomic E-state index is 5.96. The molecule has 100 valence electrons. The molecule has 0 spiro atoms. The Bertz CT molecular complexity index is 792. The van der Waals surface area contributed by atoms with Gasteiger partial charge in [0.05, 0.1) is 20.9 Å². The maximum Gasteiger partial charge on any atom is 0.231 e. The van der Waals surface area contributed by atoms with Crippen molar-refractivity contribution in [2.45, 2.75) is 0 Å². The van der Waals surface area contributed by atoms with Crippen LogP contribution in [0, 0.1) is 0 Å². The van der Waals surface area contributed by atoms with Gasteiger partial charge in [-0.2, -0.15) is 4.98 Å².